The van der Waals surface area contributed by atoms with E-state index in [1.807, 2.05) is 79.9 Å². The van der Waals surface area contributed by atoms with E-state index in [0.717, 1.165) is 23.0 Å². The fourth-order valence-electron chi connectivity index (χ4n) is 4.08. The largest absolute Gasteiger partial charge is 0.352 e. The lowest BCUT2D eigenvalue weighted by atomic mass is 10.0. The Morgan fingerprint density at radius 1 is 0.968 bits per heavy atom. The molecule has 3 amide bonds. The Bertz CT molecular complexity index is 1080. The first-order chi connectivity index (χ1) is 14.9. The minimum atomic E-state index is -0.621. The molecular weight excluding hydrogens is 390 g/mol. The Morgan fingerprint density at radius 2 is 1.68 bits per heavy atom. The highest BCUT2D eigenvalue weighted by atomic mass is 16.2. The van der Waals surface area contributed by atoms with Crippen LogP contribution in [0.1, 0.15) is 26.3 Å². The molecule has 2 heterocycles. The third-order valence-corrected chi connectivity index (χ3v) is 5.67. The van der Waals surface area contributed by atoms with Crippen molar-refractivity contribution < 1.29 is 9.59 Å². The van der Waals surface area contributed by atoms with E-state index in [4.69, 9.17) is 0 Å². The normalized spacial score (nSPS) is 15.0. The second kappa shape index (κ2) is 8.79. The van der Waals surface area contributed by atoms with Crippen LogP contribution in [0, 0.1) is 5.92 Å². The predicted molar refractivity (Wildman–Crippen MR) is 122 cm³/mol. The van der Waals surface area contributed by atoms with Crippen LogP contribution in [0.25, 0.3) is 11.0 Å². The maximum atomic E-state index is 13.1. The maximum absolute atomic E-state index is 13.1. The summed E-state index contributed by atoms with van der Waals surface area (Å²) in [6.07, 6.45) is 0.738. The lowest BCUT2D eigenvalue weighted by Crippen LogP contribution is -2.55. The van der Waals surface area contributed by atoms with Crippen LogP contribution in [0.4, 0.5) is 10.7 Å². The minimum Gasteiger partial charge on any atom is -0.352 e. The van der Waals surface area contributed by atoms with Crippen molar-refractivity contribution in [1.29, 1.82) is 0 Å². The Labute approximate surface area is 182 Å². The Morgan fingerprint density at radius 3 is 2.42 bits per heavy atom. The highest BCUT2D eigenvalue weighted by Gasteiger charge is 2.32. The summed E-state index contributed by atoms with van der Waals surface area (Å²) >= 11 is 0. The van der Waals surface area contributed by atoms with Crippen molar-refractivity contribution in [2.75, 3.05) is 11.4 Å². The number of benzene rings is 2. The first-order valence-electron chi connectivity index (χ1n) is 10.8. The van der Waals surface area contributed by atoms with Crippen LogP contribution in [0.5, 0.6) is 0 Å². The van der Waals surface area contributed by atoms with Crippen molar-refractivity contribution in [3.8, 4) is 0 Å². The van der Waals surface area contributed by atoms with E-state index in [1.165, 1.54) is 0 Å². The van der Waals surface area contributed by atoms with Crippen molar-refractivity contribution in [2.24, 2.45) is 5.92 Å². The summed E-state index contributed by atoms with van der Waals surface area (Å²) in [6, 6.07) is 16.9. The van der Waals surface area contributed by atoms with Crippen LogP contribution < -0.4 is 15.5 Å². The average molecular weight is 420 g/mol. The molecule has 7 nitrogen and oxygen atoms in total. The monoisotopic (exact) mass is 419 g/mol. The quantitative estimate of drug-likeness (QED) is 0.643. The van der Waals surface area contributed by atoms with Gasteiger partial charge in [-0.2, -0.15) is 0 Å². The average Bonchev–Trinajstić information content (AvgIpc) is 3.31. The number of hydrogen-bond donors (Lipinski definition) is 2. The van der Waals surface area contributed by atoms with E-state index in [9.17, 15) is 9.59 Å². The van der Waals surface area contributed by atoms with E-state index in [1.54, 1.807) is 4.90 Å². The zero-order valence-electron chi connectivity index (χ0n) is 18.2. The molecule has 0 bridgehead atoms. The van der Waals surface area contributed by atoms with Gasteiger partial charge in [0.1, 0.15) is 6.04 Å². The molecule has 7 heteroatoms. The SMILES string of the molecule is CC(Cc1ccccc1)NC(=O)C(NC(=O)N1CCn2c1nc1ccccc12)C(C)C. The standard InChI is InChI=1S/C24H29N5O2/c1-16(2)21(22(30)25-17(3)15-18-9-5-4-6-10-18)27-24(31)29-14-13-28-20-12-8-7-11-19(20)26-23(28)29/h4-12,16-17,21H,13-15H2,1-3H3,(H,25,30)(H,27,31). The summed E-state index contributed by atoms with van der Waals surface area (Å²) in [4.78, 5) is 32.3. The second-order valence-corrected chi connectivity index (χ2v) is 8.47. The summed E-state index contributed by atoms with van der Waals surface area (Å²) in [5, 5.41) is 5.99. The third kappa shape index (κ3) is 4.40. The topological polar surface area (TPSA) is 79.3 Å². The first-order valence-corrected chi connectivity index (χ1v) is 10.8. The van der Waals surface area contributed by atoms with Gasteiger partial charge in [-0.15, -0.1) is 0 Å². The molecule has 0 radical (unpaired) electrons. The van der Waals surface area contributed by atoms with Gasteiger partial charge in [-0.05, 0) is 37.0 Å². The number of aromatic nitrogens is 2. The number of amides is 3. The third-order valence-electron chi connectivity index (χ3n) is 5.67. The van der Waals surface area contributed by atoms with Crippen LogP contribution >= 0.6 is 0 Å². The van der Waals surface area contributed by atoms with Gasteiger partial charge in [0.05, 0.1) is 11.0 Å². The number of nitrogens with one attached hydrogen (secondary N) is 2. The number of urea groups is 1. The van der Waals surface area contributed by atoms with E-state index >= 15 is 0 Å². The van der Waals surface area contributed by atoms with Gasteiger partial charge in [0.2, 0.25) is 11.9 Å². The molecule has 2 aromatic carbocycles. The molecule has 2 unspecified atom stereocenters. The van der Waals surface area contributed by atoms with Crippen molar-refractivity contribution in [3.63, 3.8) is 0 Å². The van der Waals surface area contributed by atoms with Gasteiger partial charge in [0, 0.05) is 19.1 Å². The van der Waals surface area contributed by atoms with Crippen molar-refractivity contribution in [3.05, 3.63) is 60.2 Å². The number of fused-ring (bicyclic) bond motifs is 3. The molecule has 4 rings (SSSR count). The maximum Gasteiger partial charge on any atom is 0.324 e. The fraction of sp³-hybridized carbons (Fsp3) is 0.375. The van der Waals surface area contributed by atoms with E-state index < -0.39 is 6.04 Å². The molecule has 1 aliphatic rings. The Balaban J connectivity index is 1.43. The molecule has 0 aliphatic carbocycles. The van der Waals surface area contributed by atoms with E-state index in [0.29, 0.717) is 19.0 Å². The van der Waals surface area contributed by atoms with Crippen molar-refractivity contribution in [1.82, 2.24) is 20.2 Å². The first kappa shape index (κ1) is 20.9. The van der Waals surface area contributed by atoms with Crippen molar-refractivity contribution >= 4 is 28.9 Å². The van der Waals surface area contributed by atoms with Crippen LogP contribution in [-0.4, -0.2) is 40.1 Å². The number of nitrogens with zero attached hydrogens (tertiary/aromatic N) is 3. The number of para-hydroxylation sites is 2. The van der Waals surface area contributed by atoms with Gasteiger partial charge in [-0.25, -0.2) is 9.78 Å². The molecule has 0 fully saturated rings. The zero-order valence-corrected chi connectivity index (χ0v) is 18.2. The van der Waals surface area contributed by atoms with Gasteiger partial charge in [0.25, 0.3) is 0 Å². The lowest BCUT2D eigenvalue weighted by molar-refractivity contribution is -0.124. The summed E-state index contributed by atoms with van der Waals surface area (Å²) in [7, 11) is 0. The highest BCUT2D eigenvalue weighted by Crippen LogP contribution is 2.27. The molecule has 0 spiro atoms. The molecule has 162 valence electrons. The Hall–Kier alpha value is -3.35. The molecule has 2 atom stereocenters. The van der Waals surface area contributed by atoms with E-state index in [-0.39, 0.29) is 23.9 Å². The lowest BCUT2D eigenvalue weighted by Gasteiger charge is -2.26. The highest BCUT2D eigenvalue weighted by molar-refractivity contribution is 5.96. The molecule has 2 N–H and O–H groups in total. The molecule has 0 saturated heterocycles. The predicted octanol–water partition coefficient (Wildman–Crippen LogP) is 3.34. The molecular formula is C24H29N5O2. The van der Waals surface area contributed by atoms with Crippen LogP contribution in [-0.2, 0) is 17.8 Å². The summed E-state index contributed by atoms with van der Waals surface area (Å²) in [5.41, 5.74) is 3.04. The van der Waals surface area contributed by atoms with Gasteiger partial charge in [-0.3, -0.25) is 9.69 Å². The molecule has 31 heavy (non-hydrogen) atoms. The number of rotatable bonds is 6. The van der Waals surface area contributed by atoms with Gasteiger partial charge >= 0.3 is 6.03 Å². The zero-order chi connectivity index (χ0) is 22.0. The summed E-state index contributed by atoms with van der Waals surface area (Å²) in [5.74, 6) is 0.410. The van der Waals surface area contributed by atoms with Gasteiger partial charge in [0.15, 0.2) is 0 Å². The number of carbonyl (C=O) groups excluding carboxylic acids is 2. The van der Waals surface area contributed by atoms with Crippen LogP contribution in [0.3, 0.4) is 0 Å². The van der Waals surface area contributed by atoms with Gasteiger partial charge < -0.3 is 15.2 Å². The molecule has 0 saturated carbocycles. The van der Waals surface area contributed by atoms with Crippen LogP contribution in [0.15, 0.2) is 54.6 Å². The Kier molecular flexibility index (Phi) is 5.93. The second-order valence-electron chi connectivity index (χ2n) is 8.47. The number of anilines is 1. The molecule has 3 aromatic rings. The van der Waals surface area contributed by atoms with Gasteiger partial charge in [-0.1, -0.05) is 56.3 Å². The van der Waals surface area contributed by atoms with E-state index in [2.05, 4.69) is 15.6 Å². The van der Waals surface area contributed by atoms with Crippen molar-refractivity contribution in [2.45, 2.75) is 45.8 Å². The number of carbonyl (C=O) groups is 2. The summed E-state index contributed by atoms with van der Waals surface area (Å²) < 4.78 is 2.04. The molecule has 1 aliphatic heterocycles. The number of hydrogen-bond acceptors (Lipinski definition) is 3. The fourth-order valence-corrected chi connectivity index (χ4v) is 4.08. The smallest absolute Gasteiger partial charge is 0.324 e. The summed E-state index contributed by atoms with van der Waals surface area (Å²) in [6.45, 7) is 7.08. The number of imidazole rings is 1. The van der Waals surface area contributed by atoms with Crippen LogP contribution in [0.2, 0.25) is 0 Å². The molecule has 1 aromatic heterocycles. The minimum absolute atomic E-state index is 0.0379.